The van der Waals surface area contributed by atoms with Crippen molar-refractivity contribution in [2.75, 3.05) is 39.8 Å². The van der Waals surface area contributed by atoms with Crippen molar-refractivity contribution in [3.05, 3.63) is 77.9 Å². The van der Waals surface area contributed by atoms with Gasteiger partial charge < -0.3 is 4.74 Å². The second kappa shape index (κ2) is 11.6. The molecular formula is C30H40N4O2. The summed E-state index contributed by atoms with van der Waals surface area (Å²) in [5, 5.41) is 2.06. The zero-order valence-corrected chi connectivity index (χ0v) is 21.6. The van der Waals surface area contributed by atoms with Gasteiger partial charge in [-0.1, -0.05) is 43.2 Å². The average Bonchev–Trinajstić information content (AvgIpc) is 2.90. The molecule has 3 fully saturated rings. The zero-order valence-electron chi connectivity index (χ0n) is 21.6. The van der Waals surface area contributed by atoms with Crippen LogP contribution in [0.5, 0.6) is 5.75 Å². The molecule has 3 aliphatic rings. The number of piperazine rings is 1. The number of amides is 1. The smallest absolute Gasteiger partial charge is 0.265 e. The van der Waals surface area contributed by atoms with Gasteiger partial charge in [-0.2, -0.15) is 0 Å². The topological polar surface area (TPSA) is 48.0 Å². The van der Waals surface area contributed by atoms with Crippen LogP contribution < -0.4 is 10.2 Å². The van der Waals surface area contributed by atoms with E-state index in [4.69, 9.17) is 4.74 Å². The lowest BCUT2D eigenvalue weighted by Crippen LogP contribution is -2.61. The van der Waals surface area contributed by atoms with Crippen LogP contribution in [-0.2, 0) is 0 Å². The van der Waals surface area contributed by atoms with Gasteiger partial charge in [-0.15, -0.1) is 6.58 Å². The summed E-state index contributed by atoms with van der Waals surface area (Å²) in [5.41, 5.74) is 6.28. The van der Waals surface area contributed by atoms with E-state index in [0.717, 1.165) is 51.3 Å². The number of likely N-dealkylation sites (tertiary alicyclic amines) is 1. The van der Waals surface area contributed by atoms with Gasteiger partial charge in [0.15, 0.2) is 0 Å². The maximum Gasteiger partial charge on any atom is 0.265 e. The van der Waals surface area contributed by atoms with E-state index in [2.05, 4.69) is 57.1 Å². The van der Waals surface area contributed by atoms with Crippen LogP contribution in [0.3, 0.4) is 0 Å². The van der Waals surface area contributed by atoms with Crippen LogP contribution in [0.25, 0.3) is 0 Å². The highest BCUT2D eigenvalue weighted by Crippen LogP contribution is 2.40. The zero-order chi connectivity index (χ0) is 24.9. The standard InChI is InChI=1S/C30H40N4O2/c1-3-17-32-21-26-10-8-11-27(22-32)34(26)29(25-9-7-12-28(20-25)36-2)23-13-15-24(16-14-23)30(35)31-33-18-5-4-6-19-33/h3,7,9,12-16,20,26-27,29H,1,4-6,8,10-11,17-19,21-22H2,2H3,(H,31,35). The van der Waals surface area contributed by atoms with E-state index in [1.807, 2.05) is 24.3 Å². The molecule has 0 radical (unpaired) electrons. The summed E-state index contributed by atoms with van der Waals surface area (Å²) < 4.78 is 5.60. The van der Waals surface area contributed by atoms with E-state index in [1.54, 1.807) is 7.11 Å². The molecule has 3 atom stereocenters. The number of piperidine rings is 2. The molecule has 6 nitrogen and oxygen atoms in total. The highest BCUT2D eigenvalue weighted by atomic mass is 16.5. The van der Waals surface area contributed by atoms with Crippen molar-refractivity contribution in [2.45, 2.75) is 56.7 Å². The van der Waals surface area contributed by atoms with Crippen LogP contribution in [0, 0.1) is 0 Å². The summed E-state index contributed by atoms with van der Waals surface area (Å²) >= 11 is 0. The van der Waals surface area contributed by atoms with Crippen molar-refractivity contribution in [3.8, 4) is 5.75 Å². The number of hydrazine groups is 1. The summed E-state index contributed by atoms with van der Waals surface area (Å²) in [6.07, 6.45) is 9.26. The van der Waals surface area contributed by atoms with Gasteiger partial charge in [-0.3, -0.25) is 20.0 Å². The minimum absolute atomic E-state index is 0.0173. The molecule has 6 heteroatoms. The molecule has 3 heterocycles. The highest BCUT2D eigenvalue weighted by Gasteiger charge is 2.41. The first kappa shape index (κ1) is 25.0. The number of hydrogen-bond acceptors (Lipinski definition) is 5. The van der Waals surface area contributed by atoms with Crippen LogP contribution in [-0.4, -0.2) is 72.6 Å². The normalized spacial score (nSPS) is 24.1. The molecule has 1 amide bonds. The van der Waals surface area contributed by atoms with Gasteiger partial charge in [0.2, 0.25) is 0 Å². The van der Waals surface area contributed by atoms with Gasteiger partial charge in [-0.25, -0.2) is 5.01 Å². The fourth-order valence-corrected chi connectivity index (χ4v) is 6.36. The quantitative estimate of drug-likeness (QED) is 0.549. The summed E-state index contributed by atoms with van der Waals surface area (Å²) in [5.74, 6) is 0.863. The molecule has 2 aromatic carbocycles. The second-order valence-electron chi connectivity index (χ2n) is 10.5. The third-order valence-electron chi connectivity index (χ3n) is 8.06. The first-order valence-corrected chi connectivity index (χ1v) is 13.6. The summed E-state index contributed by atoms with van der Waals surface area (Å²) in [6, 6.07) is 17.9. The number of methoxy groups -OCH3 is 1. The summed E-state index contributed by atoms with van der Waals surface area (Å²) in [7, 11) is 1.73. The Morgan fingerprint density at radius 3 is 2.42 bits per heavy atom. The molecule has 3 aliphatic heterocycles. The van der Waals surface area contributed by atoms with E-state index in [-0.39, 0.29) is 11.9 Å². The van der Waals surface area contributed by atoms with Gasteiger partial charge in [0.25, 0.3) is 5.91 Å². The fourth-order valence-electron chi connectivity index (χ4n) is 6.36. The number of ether oxygens (including phenoxy) is 1. The van der Waals surface area contributed by atoms with Gasteiger partial charge in [0.1, 0.15) is 5.75 Å². The minimum atomic E-state index is -0.0173. The van der Waals surface area contributed by atoms with Crippen LogP contribution in [0.15, 0.2) is 61.2 Å². The maximum absolute atomic E-state index is 12.9. The molecule has 1 N–H and O–H groups in total. The van der Waals surface area contributed by atoms with E-state index in [0.29, 0.717) is 17.6 Å². The lowest BCUT2D eigenvalue weighted by molar-refractivity contribution is -0.0250. The monoisotopic (exact) mass is 488 g/mol. The van der Waals surface area contributed by atoms with E-state index >= 15 is 0 Å². The highest BCUT2D eigenvalue weighted by molar-refractivity contribution is 5.93. The van der Waals surface area contributed by atoms with Crippen molar-refractivity contribution in [1.82, 2.24) is 20.2 Å². The molecule has 2 aromatic rings. The molecule has 2 bridgehead atoms. The Bertz CT molecular complexity index is 1020. The molecule has 5 rings (SSSR count). The Hall–Kier alpha value is -2.67. The van der Waals surface area contributed by atoms with Crippen molar-refractivity contribution in [3.63, 3.8) is 0 Å². The van der Waals surface area contributed by atoms with Crippen LogP contribution in [0.2, 0.25) is 0 Å². The number of nitrogens with zero attached hydrogens (tertiary/aromatic N) is 3. The molecule has 3 unspecified atom stereocenters. The lowest BCUT2D eigenvalue weighted by atomic mass is 9.85. The van der Waals surface area contributed by atoms with E-state index in [9.17, 15) is 4.79 Å². The number of carbonyl (C=O) groups excluding carboxylic acids is 1. The van der Waals surface area contributed by atoms with Gasteiger partial charge in [-0.05, 0) is 61.1 Å². The van der Waals surface area contributed by atoms with Gasteiger partial charge >= 0.3 is 0 Å². The minimum Gasteiger partial charge on any atom is -0.497 e. The third-order valence-corrected chi connectivity index (χ3v) is 8.06. The molecular weight excluding hydrogens is 448 g/mol. The molecule has 3 saturated heterocycles. The molecule has 0 aromatic heterocycles. The second-order valence-corrected chi connectivity index (χ2v) is 10.5. The Morgan fingerprint density at radius 2 is 1.75 bits per heavy atom. The number of hydrogen-bond donors (Lipinski definition) is 1. The number of benzene rings is 2. The van der Waals surface area contributed by atoms with E-state index in [1.165, 1.54) is 36.8 Å². The van der Waals surface area contributed by atoms with Crippen LogP contribution in [0.4, 0.5) is 0 Å². The Morgan fingerprint density at radius 1 is 1.03 bits per heavy atom. The lowest BCUT2D eigenvalue weighted by Gasteiger charge is -2.53. The Kier molecular flexibility index (Phi) is 8.05. The van der Waals surface area contributed by atoms with Gasteiger partial charge in [0.05, 0.1) is 13.2 Å². The third kappa shape index (κ3) is 5.51. The largest absolute Gasteiger partial charge is 0.497 e. The van der Waals surface area contributed by atoms with Crippen molar-refractivity contribution in [2.24, 2.45) is 0 Å². The molecule has 36 heavy (non-hydrogen) atoms. The molecule has 192 valence electrons. The Balaban J connectivity index is 1.43. The fraction of sp³-hybridized carbons (Fsp3) is 0.500. The first-order chi connectivity index (χ1) is 17.7. The average molecular weight is 489 g/mol. The predicted octanol–water partition coefficient (Wildman–Crippen LogP) is 4.64. The van der Waals surface area contributed by atoms with Crippen molar-refractivity contribution < 1.29 is 9.53 Å². The van der Waals surface area contributed by atoms with Gasteiger partial charge in [0, 0.05) is 50.4 Å². The van der Waals surface area contributed by atoms with Crippen LogP contribution >= 0.6 is 0 Å². The van der Waals surface area contributed by atoms with Crippen molar-refractivity contribution >= 4 is 5.91 Å². The van der Waals surface area contributed by atoms with Crippen LogP contribution in [0.1, 0.15) is 66.1 Å². The number of nitrogens with one attached hydrogen (secondary N) is 1. The predicted molar refractivity (Wildman–Crippen MR) is 144 cm³/mol. The van der Waals surface area contributed by atoms with Crippen molar-refractivity contribution in [1.29, 1.82) is 0 Å². The molecule has 0 spiro atoms. The van der Waals surface area contributed by atoms with E-state index < -0.39 is 0 Å². The first-order valence-electron chi connectivity index (χ1n) is 13.6. The molecule has 0 aliphatic carbocycles. The number of rotatable bonds is 8. The summed E-state index contributed by atoms with van der Waals surface area (Å²) in [4.78, 5) is 18.2. The maximum atomic E-state index is 12.9. The number of fused-ring (bicyclic) bond motifs is 2. The summed E-state index contributed by atoms with van der Waals surface area (Å²) in [6.45, 7) is 8.92. The SMILES string of the molecule is C=CCN1CC2CCCC(C1)N2C(c1ccc(C(=O)NN2CCCCC2)cc1)c1cccc(OC)c1. The number of carbonyl (C=O) groups is 1. The Labute approximate surface area is 215 Å². The molecule has 0 saturated carbocycles.